The zero-order valence-electron chi connectivity index (χ0n) is 1.69. The van der Waals surface area contributed by atoms with Crippen molar-refractivity contribution in [2.24, 2.45) is 0 Å². The Morgan fingerprint density at radius 3 is 1.20 bits per heavy atom. The minimum atomic E-state index is 0. The number of carbonyl (C=O) groups excluding carboxylic acids is 2. The predicted molar refractivity (Wildman–Crippen MR) is 12.2 cm³/mol. The molecule has 5 heavy (non-hydrogen) atoms. The van der Waals surface area contributed by atoms with E-state index in [1.54, 1.807) is 0 Å². The summed E-state index contributed by atoms with van der Waals surface area (Å²) in [7, 11) is 0. The van der Waals surface area contributed by atoms with Crippen LogP contribution in [0.15, 0.2) is 0 Å². The van der Waals surface area contributed by atoms with Crippen LogP contribution in [0.3, 0.4) is 0 Å². The molecule has 0 fully saturated rings. The summed E-state index contributed by atoms with van der Waals surface area (Å²) in [5, 5.41) is 0. The molecule has 4 heteroatoms. The average molecular weight is 107 g/mol. The Morgan fingerprint density at radius 1 is 1.20 bits per heavy atom. The van der Waals surface area contributed by atoms with Gasteiger partial charge in [0.15, 0.2) is 0 Å². The molecule has 0 aromatic heterocycles. The van der Waals surface area contributed by atoms with Gasteiger partial charge in [0.25, 0.3) is 0 Å². The molecule has 0 saturated heterocycles. The Morgan fingerprint density at radius 2 is 1.20 bits per heavy atom. The Balaban J connectivity index is -0.0000000200. The fourth-order valence-corrected chi connectivity index (χ4v) is 0. The van der Waals surface area contributed by atoms with Gasteiger partial charge in [0.05, 0.1) is 0 Å². The first-order valence-corrected chi connectivity index (χ1v) is 0.408. The largest absolute Gasteiger partial charge is 0 e. The second-order valence-electron chi connectivity index (χ2n) is 0.0833. The normalized spacial score (nSPS) is 1.60. The summed E-state index contributed by atoms with van der Waals surface area (Å²) in [6.07, 6.45) is 0.250. The minimum absolute atomic E-state index is 0. The van der Waals surface area contributed by atoms with E-state index in [-0.39, 0.29) is 42.1 Å². The van der Waals surface area contributed by atoms with E-state index in [0.717, 1.165) is 0 Å². The molecule has 0 N–H and O–H groups in total. The molecule has 0 saturated carbocycles. The smallest absolute Gasteiger partial charge is 0 e. The van der Waals surface area contributed by atoms with Crippen molar-refractivity contribution in [1.82, 2.24) is 0 Å². The molecule has 0 aromatic carbocycles. The Kier molecular flexibility index (Phi) is 87.5. The zero-order chi connectivity index (χ0) is 2.71. The van der Waals surface area contributed by atoms with Crippen molar-refractivity contribution in [2.75, 3.05) is 0 Å². The summed E-state index contributed by atoms with van der Waals surface area (Å²) in [5.41, 5.74) is 0. The van der Waals surface area contributed by atoms with Gasteiger partial charge in [-0.1, -0.05) is 0 Å². The van der Waals surface area contributed by atoms with Crippen molar-refractivity contribution in [3.63, 3.8) is 0 Å². The SMILES string of the molecule is O=C=O.[LiH].[Mn]. The molecular weight excluding hydrogens is 106 g/mol. The van der Waals surface area contributed by atoms with E-state index in [1.165, 1.54) is 0 Å². The summed E-state index contributed by atoms with van der Waals surface area (Å²) in [6, 6.07) is 0. The maximum atomic E-state index is 8.12. The van der Waals surface area contributed by atoms with Crippen molar-refractivity contribution in [1.29, 1.82) is 0 Å². The van der Waals surface area contributed by atoms with Crippen LogP contribution in [0.25, 0.3) is 0 Å². The molecule has 0 aromatic rings. The molecule has 0 unspecified atom stereocenters. The molecule has 0 aliphatic rings. The van der Waals surface area contributed by atoms with Crippen LogP contribution < -0.4 is 0 Å². The van der Waals surface area contributed by atoms with Gasteiger partial charge in [0.2, 0.25) is 0 Å². The van der Waals surface area contributed by atoms with Crippen LogP contribution >= 0.6 is 0 Å². The van der Waals surface area contributed by atoms with E-state index < -0.39 is 0 Å². The van der Waals surface area contributed by atoms with Gasteiger partial charge in [-0.05, 0) is 0 Å². The molecular formula is CHLiMnO2. The molecule has 0 heterocycles. The van der Waals surface area contributed by atoms with Gasteiger partial charge in [0, 0.05) is 17.1 Å². The van der Waals surface area contributed by atoms with Gasteiger partial charge >= 0.3 is 25.0 Å². The monoisotopic (exact) mass is 107 g/mol. The van der Waals surface area contributed by atoms with Crippen LogP contribution in [0.1, 0.15) is 0 Å². The zero-order valence-corrected chi connectivity index (χ0v) is 2.87. The summed E-state index contributed by atoms with van der Waals surface area (Å²) >= 11 is 0. The van der Waals surface area contributed by atoms with Gasteiger partial charge < -0.3 is 0 Å². The van der Waals surface area contributed by atoms with E-state index in [9.17, 15) is 0 Å². The molecule has 0 spiro atoms. The molecule has 0 aliphatic heterocycles. The van der Waals surface area contributed by atoms with Crippen LogP contribution in [0.5, 0.6) is 0 Å². The summed E-state index contributed by atoms with van der Waals surface area (Å²) in [5.74, 6) is 0. The Bertz CT molecular complexity index is 30.6. The van der Waals surface area contributed by atoms with Crippen LogP contribution in [0.4, 0.5) is 0 Å². The standard InChI is InChI=1S/CO2.Li.Mn.H/c2-1-3;;;. The van der Waals surface area contributed by atoms with E-state index in [1.807, 2.05) is 0 Å². The van der Waals surface area contributed by atoms with E-state index in [0.29, 0.717) is 0 Å². The average Bonchev–Trinajstić information content (AvgIpc) is 0.918. The summed E-state index contributed by atoms with van der Waals surface area (Å²) in [4.78, 5) is 16.2. The second kappa shape index (κ2) is 24.5. The maximum absolute atomic E-state index is 8.12. The third-order valence-corrected chi connectivity index (χ3v) is 0. The van der Waals surface area contributed by atoms with E-state index >= 15 is 0 Å². The molecule has 0 atom stereocenters. The van der Waals surface area contributed by atoms with Gasteiger partial charge in [-0.2, -0.15) is 9.59 Å². The maximum Gasteiger partial charge on any atom is 0 e. The Labute approximate surface area is 52.0 Å². The first kappa shape index (κ1) is 17.8. The summed E-state index contributed by atoms with van der Waals surface area (Å²) < 4.78 is 0. The molecule has 2 nitrogen and oxygen atoms in total. The minimum Gasteiger partial charge on any atom is 0 e. The van der Waals surface area contributed by atoms with Crippen LogP contribution in [-0.4, -0.2) is 25.0 Å². The predicted octanol–water partition coefficient (Wildman–Crippen LogP) is -1.23. The quantitative estimate of drug-likeness (QED) is 0.363. The first-order valence-electron chi connectivity index (χ1n) is 0.408. The molecule has 0 amide bonds. The molecule has 0 aliphatic carbocycles. The number of rotatable bonds is 0. The topological polar surface area (TPSA) is 34.1 Å². The van der Waals surface area contributed by atoms with Crippen molar-refractivity contribution < 1.29 is 26.7 Å². The molecule has 0 rings (SSSR count). The van der Waals surface area contributed by atoms with Crippen molar-refractivity contribution >= 4 is 25.0 Å². The third kappa shape index (κ3) is 114. The van der Waals surface area contributed by atoms with Gasteiger partial charge in [0.1, 0.15) is 0 Å². The van der Waals surface area contributed by atoms with E-state index in [2.05, 4.69) is 0 Å². The molecule has 0 bridgehead atoms. The van der Waals surface area contributed by atoms with Crippen LogP contribution in [0, 0.1) is 0 Å². The van der Waals surface area contributed by atoms with Crippen molar-refractivity contribution in [3.8, 4) is 0 Å². The van der Waals surface area contributed by atoms with E-state index in [4.69, 9.17) is 9.59 Å². The molecule has 25 valence electrons. The van der Waals surface area contributed by atoms with Gasteiger partial charge in [-0.25, -0.2) is 0 Å². The first-order chi connectivity index (χ1) is 1.41. The third-order valence-electron chi connectivity index (χ3n) is 0. The summed E-state index contributed by atoms with van der Waals surface area (Å²) in [6.45, 7) is 0. The van der Waals surface area contributed by atoms with Crippen molar-refractivity contribution in [2.45, 2.75) is 0 Å². The number of hydrogen-bond acceptors (Lipinski definition) is 2. The van der Waals surface area contributed by atoms with Crippen molar-refractivity contribution in [3.05, 3.63) is 0 Å². The Hall–Kier alpha value is 0.497. The fraction of sp³-hybridized carbons (Fsp3) is 0. The van der Waals surface area contributed by atoms with Crippen LogP contribution in [-0.2, 0) is 26.7 Å². The second-order valence-corrected chi connectivity index (χ2v) is 0.0833. The van der Waals surface area contributed by atoms with Gasteiger partial charge in [-0.15, -0.1) is 0 Å². The molecule has 1 radical (unpaired) electrons. The fourth-order valence-electron chi connectivity index (χ4n) is 0. The number of hydrogen-bond donors (Lipinski definition) is 0. The van der Waals surface area contributed by atoms with Gasteiger partial charge in [-0.3, -0.25) is 0 Å². The van der Waals surface area contributed by atoms with Crippen LogP contribution in [0.2, 0.25) is 0 Å².